The Morgan fingerprint density at radius 3 is 2.55 bits per heavy atom. The number of nitrogen functional groups attached to an aromatic ring is 1. The Labute approximate surface area is 200 Å². The average Bonchev–Trinajstić information content (AvgIpc) is 3.23. The summed E-state index contributed by atoms with van der Waals surface area (Å²) in [5.74, 6) is 2.17. The van der Waals surface area contributed by atoms with Crippen molar-refractivity contribution in [1.29, 1.82) is 5.26 Å². The number of ether oxygens (including phenoxy) is 2. The Bertz CT molecular complexity index is 1240. The highest BCUT2D eigenvalue weighted by atomic mass is 32.2. The first-order valence-electron chi connectivity index (χ1n) is 9.97. The van der Waals surface area contributed by atoms with E-state index >= 15 is 0 Å². The van der Waals surface area contributed by atoms with Crippen molar-refractivity contribution < 1.29 is 14.3 Å². The lowest BCUT2D eigenvalue weighted by atomic mass is 10.1. The van der Waals surface area contributed by atoms with Gasteiger partial charge in [0.2, 0.25) is 5.88 Å². The van der Waals surface area contributed by atoms with E-state index in [2.05, 4.69) is 16.9 Å². The Hall–Kier alpha value is -3.61. The quantitative estimate of drug-likeness (QED) is 0.282. The van der Waals surface area contributed by atoms with Gasteiger partial charge in [-0.05, 0) is 47.7 Å². The summed E-state index contributed by atoms with van der Waals surface area (Å²) in [4.78, 5) is 20.5. The van der Waals surface area contributed by atoms with E-state index in [-0.39, 0.29) is 0 Å². The second-order valence-electron chi connectivity index (χ2n) is 6.56. The molecule has 0 aliphatic heterocycles. The van der Waals surface area contributed by atoms with Gasteiger partial charge in [-0.25, -0.2) is 9.97 Å². The van der Waals surface area contributed by atoms with Crippen molar-refractivity contribution in [3.8, 4) is 17.7 Å². The van der Waals surface area contributed by atoms with E-state index in [0.717, 1.165) is 27.8 Å². The van der Waals surface area contributed by atoms with Crippen molar-refractivity contribution in [3.63, 3.8) is 0 Å². The molecule has 4 aromatic rings. The number of carbonyl (C=O) groups excluding carboxylic acids is 1. The van der Waals surface area contributed by atoms with Crippen LogP contribution in [-0.2, 0) is 4.79 Å². The molecule has 2 aromatic heterocycles. The summed E-state index contributed by atoms with van der Waals surface area (Å²) in [5, 5.41) is 9.31. The SMILES string of the molecule is CCSc1ccc(C(C=O)Oc2ccc(C#N)cc2)cc1.COc1cc2sc(N)nc2cn1. The van der Waals surface area contributed by atoms with Crippen LogP contribution in [-0.4, -0.2) is 29.1 Å². The molecule has 0 saturated heterocycles. The zero-order valence-electron chi connectivity index (χ0n) is 18.1. The second-order valence-corrected chi connectivity index (χ2v) is 8.96. The fraction of sp³-hybridized carbons (Fsp3) is 0.167. The van der Waals surface area contributed by atoms with Crippen molar-refractivity contribution in [2.24, 2.45) is 0 Å². The maximum absolute atomic E-state index is 11.3. The molecular formula is C24H22N4O3S2. The monoisotopic (exact) mass is 478 g/mol. The smallest absolute Gasteiger partial charge is 0.214 e. The molecule has 0 saturated carbocycles. The average molecular weight is 479 g/mol. The number of benzene rings is 2. The lowest BCUT2D eigenvalue weighted by Crippen LogP contribution is -2.08. The number of nitrogens with two attached hydrogens (primary N) is 1. The number of carbonyl (C=O) groups is 1. The zero-order chi connectivity index (χ0) is 23.6. The third kappa shape index (κ3) is 6.68. The molecule has 0 aliphatic carbocycles. The van der Waals surface area contributed by atoms with E-state index in [1.54, 1.807) is 49.3 Å². The second kappa shape index (κ2) is 11.9. The third-order valence-corrected chi connectivity index (χ3v) is 6.11. The first-order valence-corrected chi connectivity index (χ1v) is 11.8. The lowest BCUT2D eigenvalue weighted by Gasteiger charge is -2.14. The van der Waals surface area contributed by atoms with Gasteiger partial charge >= 0.3 is 0 Å². The summed E-state index contributed by atoms with van der Waals surface area (Å²) in [7, 11) is 1.58. The number of thiazole rings is 1. The molecule has 2 heterocycles. The first-order chi connectivity index (χ1) is 16.1. The van der Waals surface area contributed by atoms with E-state index in [0.29, 0.717) is 22.3 Å². The summed E-state index contributed by atoms with van der Waals surface area (Å²) in [6, 6.07) is 18.4. The van der Waals surface area contributed by atoms with Gasteiger partial charge in [-0.15, -0.1) is 11.8 Å². The largest absolute Gasteiger partial charge is 0.481 e. The van der Waals surface area contributed by atoms with Crippen LogP contribution >= 0.6 is 23.1 Å². The molecule has 0 bridgehead atoms. The maximum atomic E-state index is 11.3. The molecule has 7 nitrogen and oxygen atoms in total. The van der Waals surface area contributed by atoms with Gasteiger partial charge in [0.15, 0.2) is 17.5 Å². The molecule has 0 radical (unpaired) electrons. The molecule has 1 atom stereocenters. The molecular weight excluding hydrogens is 456 g/mol. The van der Waals surface area contributed by atoms with Gasteiger partial charge in [0.05, 0.1) is 29.6 Å². The summed E-state index contributed by atoms with van der Waals surface area (Å²) in [5.41, 5.74) is 7.71. The summed E-state index contributed by atoms with van der Waals surface area (Å²) >= 11 is 3.18. The molecule has 168 valence electrons. The number of aromatic nitrogens is 2. The molecule has 0 fully saturated rings. The number of anilines is 1. The van der Waals surface area contributed by atoms with Crippen molar-refractivity contribution in [2.75, 3.05) is 18.6 Å². The predicted octanol–water partition coefficient (Wildman–Crippen LogP) is 5.27. The number of nitriles is 1. The molecule has 0 amide bonds. The highest BCUT2D eigenvalue weighted by Gasteiger charge is 2.12. The molecule has 2 aromatic carbocycles. The van der Waals surface area contributed by atoms with Crippen molar-refractivity contribution in [3.05, 3.63) is 71.9 Å². The van der Waals surface area contributed by atoms with Gasteiger partial charge in [-0.1, -0.05) is 30.4 Å². The van der Waals surface area contributed by atoms with E-state index < -0.39 is 6.10 Å². The van der Waals surface area contributed by atoms with Crippen molar-refractivity contribution in [1.82, 2.24) is 9.97 Å². The minimum atomic E-state index is -0.640. The minimum Gasteiger partial charge on any atom is -0.481 e. The van der Waals surface area contributed by atoms with Crippen LogP contribution in [0.1, 0.15) is 24.2 Å². The van der Waals surface area contributed by atoms with Crippen LogP contribution in [0, 0.1) is 11.3 Å². The number of methoxy groups -OCH3 is 1. The van der Waals surface area contributed by atoms with Crippen LogP contribution in [0.3, 0.4) is 0 Å². The van der Waals surface area contributed by atoms with Crippen LogP contribution in [0.15, 0.2) is 65.7 Å². The number of hydrogen-bond donors (Lipinski definition) is 1. The fourth-order valence-corrected chi connectivity index (χ4v) is 4.19. The van der Waals surface area contributed by atoms with E-state index in [4.69, 9.17) is 20.5 Å². The molecule has 9 heteroatoms. The number of pyridine rings is 1. The number of nitrogens with zero attached hydrogens (tertiary/aromatic N) is 3. The number of hydrogen-bond acceptors (Lipinski definition) is 9. The standard InChI is InChI=1S/C17H15NO2S.C7H7N3OS/c1-2-21-16-9-5-14(6-10-16)17(12-19)20-15-7-3-13(11-18)4-8-15;1-11-6-2-5-4(3-9-6)10-7(8)12-5/h3-10,12,17H,2H2,1H3;2-3H,1H3,(H2,8,10). The van der Waals surface area contributed by atoms with Gasteiger partial charge < -0.3 is 15.2 Å². The van der Waals surface area contributed by atoms with Crippen LogP contribution in [0.4, 0.5) is 5.13 Å². The van der Waals surface area contributed by atoms with Gasteiger partial charge in [-0.3, -0.25) is 4.79 Å². The highest BCUT2D eigenvalue weighted by Crippen LogP contribution is 2.26. The molecule has 0 aliphatic rings. The zero-order valence-corrected chi connectivity index (χ0v) is 19.7. The summed E-state index contributed by atoms with van der Waals surface area (Å²) in [6.07, 6.45) is 1.79. The Balaban J connectivity index is 0.000000215. The van der Waals surface area contributed by atoms with Gasteiger partial charge in [0.25, 0.3) is 0 Å². The van der Waals surface area contributed by atoms with E-state index in [1.165, 1.54) is 16.2 Å². The lowest BCUT2D eigenvalue weighted by molar-refractivity contribution is -0.113. The van der Waals surface area contributed by atoms with Crippen LogP contribution in [0.5, 0.6) is 11.6 Å². The number of rotatable bonds is 7. The van der Waals surface area contributed by atoms with Crippen molar-refractivity contribution in [2.45, 2.75) is 17.9 Å². The van der Waals surface area contributed by atoms with E-state index in [9.17, 15) is 4.79 Å². The normalized spacial score (nSPS) is 11.1. The maximum Gasteiger partial charge on any atom is 0.214 e. The summed E-state index contributed by atoms with van der Waals surface area (Å²) in [6.45, 7) is 2.10. The van der Waals surface area contributed by atoms with Gasteiger partial charge in [0.1, 0.15) is 11.3 Å². The Morgan fingerprint density at radius 2 is 1.94 bits per heavy atom. The number of fused-ring (bicyclic) bond motifs is 1. The molecule has 2 N–H and O–H groups in total. The minimum absolute atomic E-state index is 0.556. The van der Waals surface area contributed by atoms with Crippen LogP contribution in [0.2, 0.25) is 0 Å². The molecule has 4 rings (SSSR count). The number of aldehydes is 1. The topological polar surface area (TPSA) is 111 Å². The van der Waals surface area contributed by atoms with E-state index in [1.807, 2.05) is 36.4 Å². The molecule has 1 unspecified atom stereocenters. The third-order valence-electron chi connectivity index (χ3n) is 4.37. The van der Waals surface area contributed by atoms with Gasteiger partial charge in [-0.2, -0.15) is 5.26 Å². The molecule has 0 spiro atoms. The first kappa shape index (κ1) is 24.0. The summed E-state index contributed by atoms with van der Waals surface area (Å²) < 4.78 is 11.6. The molecule has 33 heavy (non-hydrogen) atoms. The van der Waals surface area contributed by atoms with Crippen LogP contribution < -0.4 is 15.2 Å². The fourth-order valence-electron chi connectivity index (χ4n) is 2.79. The van der Waals surface area contributed by atoms with Crippen molar-refractivity contribution >= 4 is 44.7 Å². The Morgan fingerprint density at radius 1 is 1.21 bits per heavy atom. The van der Waals surface area contributed by atoms with Crippen LogP contribution in [0.25, 0.3) is 10.2 Å². The highest BCUT2D eigenvalue weighted by molar-refractivity contribution is 7.99. The Kier molecular flexibility index (Phi) is 8.63. The van der Waals surface area contributed by atoms with Gasteiger partial charge in [0, 0.05) is 11.0 Å². The predicted molar refractivity (Wildman–Crippen MR) is 132 cm³/mol. The number of thioether (sulfide) groups is 1.